The Kier molecular flexibility index (Phi) is 8.07. The van der Waals surface area contributed by atoms with Crippen LogP contribution < -0.4 is 10.6 Å². The van der Waals surface area contributed by atoms with Crippen molar-refractivity contribution in [1.29, 1.82) is 0 Å². The molecule has 1 atom stereocenters. The summed E-state index contributed by atoms with van der Waals surface area (Å²) in [4.78, 5) is 30.8. The molecule has 1 fully saturated rings. The number of rotatable bonds is 8. The summed E-state index contributed by atoms with van der Waals surface area (Å²) in [5.41, 5.74) is 3.42. The smallest absolute Gasteiger partial charge is 0.251 e. The number of piperazine rings is 1. The summed E-state index contributed by atoms with van der Waals surface area (Å²) in [6.07, 6.45) is 0.409. The highest BCUT2D eigenvalue weighted by Crippen LogP contribution is 2.15. The molecule has 0 radical (unpaired) electrons. The van der Waals surface area contributed by atoms with E-state index in [1.807, 2.05) is 66.7 Å². The van der Waals surface area contributed by atoms with Crippen LogP contribution in [0, 0.1) is 0 Å². The van der Waals surface area contributed by atoms with E-state index in [4.69, 9.17) is 0 Å². The maximum absolute atomic E-state index is 13.3. The number of nitrogens with zero attached hydrogens (tertiary/aromatic N) is 2. The molecule has 1 saturated heterocycles. The van der Waals surface area contributed by atoms with E-state index in [-0.39, 0.29) is 11.8 Å². The predicted molar refractivity (Wildman–Crippen MR) is 136 cm³/mol. The van der Waals surface area contributed by atoms with Crippen LogP contribution in [0.2, 0.25) is 0 Å². The third-order valence-electron chi connectivity index (χ3n) is 6.14. The zero-order valence-corrected chi connectivity index (χ0v) is 19.6. The first-order valence-electron chi connectivity index (χ1n) is 11.8. The van der Waals surface area contributed by atoms with Gasteiger partial charge in [0, 0.05) is 50.4 Å². The molecule has 1 aliphatic rings. The molecule has 0 spiro atoms. The minimum absolute atomic E-state index is 0.232. The van der Waals surface area contributed by atoms with Crippen LogP contribution in [0.5, 0.6) is 0 Å². The van der Waals surface area contributed by atoms with Crippen LogP contribution in [0.3, 0.4) is 0 Å². The van der Waals surface area contributed by atoms with Crippen LogP contribution in [0.15, 0.2) is 84.9 Å². The molecule has 0 aromatic heterocycles. The van der Waals surface area contributed by atoms with Gasteiger partial charge in [-0.2, -0.15) is 0 Å². The molecular formula is C28H32N4O2. The number of benzene rings is 3. The molecule has 0 bridgehead atoms. The highest BCUT2D eigenvalue weighted by molar-refractivity contribution is 6.01. The van der Waals surface area contributed by atoms with Crippen LogP contribution in [-0.4, -0.2) is 60.9 Å². The average molecular weight is 457 g/mol. The standard InChI is InChI=1S/C28H32N4O2/c1-31-15-17-32(18-16-31)21-23-11-8-14-25(19-23)29-28(34)26(20-22-9-4-2-5-10-22)30-27(33)24-12-6-3-7-13-24/h2-14,19,26H,15-18,20-21H2,1H3,(H,29,34)(H,30,33). The molecule has 1 unspecified atom stereocenters. The van der Waals surface area contributed by atoms with E-state index in [1.54, 1.807) is 12.1 Å². The summed E-state index contributed by atoms with van der Waals surface area (Å²) in [6.45, 7) is 5.07. The van der Waals surface area contributed by atoms with Crippen molar-refractivity contribution in [3.05, 3.63) is 102 Å². The number of likely N-dealkylation sites (N-methyl/N-ethyl adjacent to an activating group) is 1. The largest absolute Gasteiger partial charge is 0.340 e. The molecule has 3 aromatic carbocycles. The quantitative estimate of drug-likeness (QED) is 0.545. The minimum Gasteiger partial charge on any atom is -0.340 e. The maximum atomic E-state index is 13.3. The Morgan fingerprint density at radius 1 is 0.824 bits per heavy atom. The number of hydrogen-bond donors (Lipinski definition) is 2. The molecule has 4 rings (SSSR count). The van der Waals surface area contributed by atoms with E-state index in [1.165, 1.54) is 0 Å². The van der Waals surface area contributed by atoms with Gasteiger partial charge in [0.15, 0.2) is 0 Å². The number of carbonyl (C=O) groups excluding carboxylic acids is 2. The molecule has 6 heteroatoms. The Morgan fingerprint density at radius 3 is 2.18 bits per heavy atom. The van der Waals surface area contributed by atoms with Gasteiger partial charge < -0.3 is 15.5 Å². The summed E-state index contributed by atoms with van der Waals surface area (Å²) in [6, 6.07) is 26.0. The van der Waals surface area contributed by atoms with E-state index in [0.717, 1.165) is 49.5 Å². The summed E-state index contributed by atoms with van der Waals surface area (Å²) in [7, 11) is 2.15. The summed E-state index contributed by atoms with van der Waals surface area (Å²) < 4.78 is 0. The fourth-order valence-electron chi connectivity index (χ4n) is 4.13. The second-order valence-electron chi connectivity index (χ2n) is 8.85. The lowest BCUT2D eigenvalue weighted by molar-refractivity contribution is -0.118. The lowest BCUT2D eigenvalue weighted by atomic mass is 10.0. The lowest BCUT2D eigenvalue weighted by Gasteiger charge is -2.32. The minimum atomic E-state index is -0.698. The molecule has 3 aromatic rings. The third kappa shape index (κ3) is 6.76. The first-order chi connectivity index (χ1) is 16.6. The molecule has 6 nitrogen and oxygen atoms in total. The number of amides is 2. The Balaban J connectivity index is 1.44. The zero-order valence-electron chi connectivity index (χ0n) is 19.6. The highest BCUT2D eigenvalue weighted by Gasteiger charge is 2.22. The second-order valence-corrected chi connectivity index (χ2v) is 8.85. The molecule has 1 aliphatic heterocycles. The van der Waals surface area contributed by atoms with E-state index in [2.05, 4.69) is 33.5 Å². The number of hydrogen-bond acceptors (Lipinski definition) is 4. The van der Waals surface area contributed by atoms with E-state index in [0.29, 0.717) is 12.0 Å². The number of nitrogens with one attached hydrogen (secondary N) is 2. The fraction of sp³-hybridized carbons (Fsp3) is 0.286. The lowest BCUT2D eigenvalue weighted by Crippen LogP contribution is -2.45. The van der Waals surface area contributed by atoms with Crippen LogP contribution in [0.25, 0.3) is 0 Å². The van der Waals surface area contributed by atoms with Gasteiger partial charge in [-0.3, -0.25) is 14.5 Å². The van der Waals surface area contributed by atoms with Crippen molar-refractivity contribution in [2.75, 3.05) is 38.5 Å². The van der Waals surface area contributed by atoms with Crippen LogP contribution >= 0.6 is 0 Å². The fourth-order valence-corrected chi connectivity index (χ4v) is 4.13. The van der Waals surface area contributed by atoms with Crippen LogP contribution in [0.4, 0.5) is 5.69 Å². The van der Waals surface area contributed by atoms with Gasteiger partial charge in [-0.1, -0.05) is 60.7 Å². The van der Waals surface area contributed by atoms with Crippen molar-refractivity contribution >= 4 is 17.5 Å². The summed E-state index contributed by atoms with van der Waals surface area (Å²) in [5, 5.41) is 5.95. The number of carbonyl (C=O) groups is 2. The summed E-state index contributed by atoms with van der Waals surface area (Å²) in [5.74, 6) is -0.495. The molecule has 176 valence electrons. The normalized spacial score (nSPS) is 15.4. The van der Waals surface area contributed by atoms with E-state index < -0.39 is 6.04 Å². The van der Waals surface area contributed by atoms with Crippen molar-refractivity contribution in [3.8, 4) is 0 Å². The van der Waals surface area contributed by atoms with Crippen LogP contribution in [0.1, 0.15) is 21.5 Å². The monoisotopic (exact) mass is 456 g/mol. The van der Waals surface area contributed by atoms with Gasteiger partial charge in [0.1, 0.15) is 6.04 Å². The van der Waals surface area contributed by atoms with Crippen LogP contribution in [-0.2, 0) is 17.8 Å². The molecule has 1 heterocycles. The zero-order chi connectivity index (χ0) is 23.8. The van der Waals surface area contributed by atoms with Gasteiger partial charge in [-0.15, -0.1) is 0 Å². The average Bonchev–Trinajstić information content (AvgIpc) is 2.86. The van der Waals surface area contributed by atoms with E-state index >= 15 is 0 Å². The van der Waals surface area contributed by atoms with Crippen molar-refractivity contribution in [2.45, 2.75) is 19.0 Å². The Morgan fingerprint density at radius 2 is 1.47 bits per heavy atom. The third-order valence-corrected chi connectivity index (χ3v) is 6.14. The summed E-state index contributed by atoms with van der Waals surface area (Å²) >= 11 is 0. The predicted octanol–water partition coefficient (Wildman–Crippen LogP) is 3.41. The molecule has 2 N–H and O–H groups in total. The van der Waals surface area contributed by atoms with Gasteiger partial charge in [0.25, 0.3) is 5.91 Å². The van der Waals surface area contributed by atoms with Gasteiger partial charge in [0.2, 0.25) is 5.91 Å². The van der Waals surface area contributed by atoms with E-state index in [9.17, 15) is 9.59 Å². The first kappa shape index (κ1) is 23.7. The molecule has 34 heavy (non-hydrogen) atoms. The molecular weight excluding hydrogens is 424 g/mol. The van der Waals surface area contributed by atoms with Crippen molar-refractivity contribution in [1.82, 2.24) is 15.1 Å². The first-order valence-corrected chi connectivity index (χ1v) is 11.8. The van der Waals surface area contributed by atoms with Gasteiger partial charge in [-0.25, -0.2) is 0 Å². The Bertz CT molecular complexity index is 1080. The van der Waals surface area contributed by atoms with Gasteiger partial charge in [-0.05, 0) is 42.4 Å². The van der Waals surface area contributed by atoms with Gasteiger partial charge in [0.05, 0.1) is 0 Å². The van der Waals surface area contributed by atoms with Crippen molar-refractivity contribution < 1.29 is 9.59 Å². The van der Waals surface area contributed by atoms with Crippen molar-refractivity contribution in [3.63, 3.8) is 0 Å². The molecule has 0 aliphatic carbocycles. The van der Waals surface area contributed by atoms with Gasteiger partial charge >= 0.3 is 0 Å². The maximum Gasteiger partial charge on any atom is 0.251 e. The SMILES string of the molecule is CN1CCN(Cc2cccc(NC(=O)C(Cc3ccccc3)NC(=O)c3ccccc3)c2)CC1. The Labute approximate surface area is 201 Å². The number of anilines is 1. The molecule has 0 saturated carbocycles. The Hall–Kier alpha value is -3.48. The topological polar surface area (TPSA) is 64.7 Å². The molecule has 2 amide bonds. The highest BCUT2D eigenvalue weighted by atomic mass is 16.2. The second kappa shape index (κ2) is 11.6. The van der Waals surface area contributed by atoms with Crippen molar-refractivity contribution in [2.24, 2.45) is 0 Å².